The van der Waals surface area contributed by atoms with Crippen LogP contribution in [0.25, 0.3) is 0 Å². The number of ether oxygens (including phenoxy) is 1. The van der Waals surface area contributed by atoms with Gasteiger partial charge in [0, 0.05) is 5.92 Å². The Balaban J connectivity index is 2.30. The van der Waals surface area contributed by atoms with Crippen LogP contribution in [-0.2, 0) is 9.53 Å². The summed E-state index contributed by atoms with van der Waals surface area (Å²) in [6.45, 7) is 6.29. The topological polar surface area (TPSA) is 49.8 Å². The molecule has 2 heterocycles. The Morgan fingerprint density at radius 2 is 2.29 bits per heavy atom. The lowest BCUT2D eigenvalue weighted by atomic mass is 9.96. The molecular formula is C10H17NO3. The predicted octanol–water partition coefficient (Wildman–Crippen LogP) is 0.351. The third kappa shape index (κ3) is 1.10. The number of rotatable bonds is 1. The summed E-state index contributed by atoms with van der Waals surface area (Å²) in [6, 6.07) is 0.0671. The zero-order valence-corrected chi connectivity index (χ0v) is 8.86. The van der Waals surface area contributed by atoms with E-state index in [-0.39, 0.29) is 17.9 Å². The van der Waals surface area contributed by atoms with Crippen molar-refractivity contribution in [3.05, 3.63) is 0 Å². The summed E-state index contributed by atoms with van der Waals surface area (Å²) in [6.07, 6.45) is -0.0128. The summed E-state index contributed by atoms with van der Waals surface area (Å²) in [5, 5.41) is 9.75. The van der Waals surface area contributed by atoms with Crippen molar-refractivity contribution < 1.29 is 14.6 Å². The summed E-state index contributed by atoms with van der Waals surface area (Å²) < 4.78 is 5.55. The van der Waals surface area contributed by atoms with Gasteiger partial charge in [0.2, 0.25) is 0 Å². The number of hydrogen-bond donors (Lipinski definition) is 1. The van der Waals surface area contributed by atoms with Gasteiger partial charge in [-0.1, -0.05) is 6.92 Å². The molecule has 2 rings (SSSR count). The van der Waals surface area contributed by atoms with Gasteiger partial charge < -0.3 is 14.7 Å². The van der Waals surface area contributed by atoms with E-state index in [0.717, 1.165) is 6.42 Å². The molecule has 0 saturated carbocycles. The van der Waals surface area contributed by atoms with Gasteiger partial charge in [-0.3, -0.25) is 4.79 Å². The predicted molar refractivity (Wildman–Crippen MR) is 50.5 cm³/mol. The molecule has 0 aliphatic carbocycles. The van der Waals surface area contributed by atoms with Gasteiger partial charge in [0.05, 0.1) is 12.6 Å². The van der Waals surface area contributed by atoms with Crippen LogP contribution in [0.1, 0.15) is 27.2 Å². The summed E-state index contributed by atoms with van der Waals surface area (Å²) in [5.74, 6) is -0.145. The van der Waals surface area contributed by atoms with E-state index in [0.29, 0.717) is 6.61 Å². The molecule has 0 aromatic carbocycles. The molecule has 14 heavy (non-hydrogen) atoms. The van der Waals surface area contributed by atoms with Crippen LogP contribution in [0.3, 0.4) is 0 Å². The highest BCUT2D eigenvalue weighted by Gasteiger charge is 2.55. The summed E-state index contributed by atoms with van der Waals surface area (Å²) in [5.41, 5.74) is -0.549. The molecule has 1 amide bonds. The van der Waals surface area contributed by atoms with Crippen LogP contribution in [0.5, 0.6) is 0 Å². The molecule has 0 aromatic heterocycles. The fraction of sp³-hybridized carbons (Fsp3) is 0.900. The number of aliphatic hydroxyl groups excluding tert-OH is 1. The molecule has 4 heteroatoms. The highest BCUT2D eigenvalue weighted by Crippen LogP contribution is 2.39. The minimum Gasteiger partial charge on any atom is -0.383 e. The zero-order chi connectivity index (χ0) is 10.5. The van der Waals surface area contributed by atoms with Crippen molar-refractivity contribution in [2.24, 2.45) is 5.92 Å². The SMILES string of the molecule is CCC1C(O)C(=O)N2C1COC2(C)C. The third-order valence-electron chi connectivity index (χ3n) is 3.38. The van der Waals surface area contributed by atoms with Gasteiger partial charge >= 0.3 is 0 Å². The number of hydrogen-bond acceptors (Lipinski definition) is 3. The van der Waals surface area contributed by atoms with Gasteiger partial charge in [0.15, 0.2) is 0 Å². The van der Waals surface area contributed by atoms with E-state index in [1.54, 1.807) is 4.90 Å². The van der Waals surface area contributed by atoms with Crippen molar-refractivity contribution in [3.8, 4) is 0 Å². The molecule has 2 saturated heterocycles. The Morgan fingerprint density at radius 3 is 2.86 bits per heavy atom. The molecule has 0 aromatic rings. The van der Waals surface area contributed by atoms with Crippen molar-refractivity contribution in [2.45, 2.75) is 45.1 Å². The van der Waals surface area contributed by atoms with Gasteiger partial charge in [-0.15, -0.1) is 0 Å². The van der Waals surface area contributed by atoms with Gasteiger partial charge in [0.1, 0.15) is 11.8 Å². The largest absolute Gasteiger partial charge is 0.383 e. The molecule has 1 N–H and O–H groups in total. The van der Waals surface area contributed by atoms with Crippen molar-refractivity contribution >= 4 is 5.91 Å². The van der Waals surface area contributed by atoms with Crippen LogP contribution in [0.2, 0.25) is 0 Å². The normalized spacial score (nSPS) is 40.4. The molecule has 3 atom stereocenters. The summed E-state index contributed by atoms with van der Waals surface area (Å²) >= 11 is 0. The molecule has 2 aliphatic rings. The van der Waals surface area contributed by atoms with Gasteiger partial charge in [-0.05, 0) is 20.3 Å². The monoisotopic (exact) mass is 199 g/mol. The lowest BCUT2D eigenvalue weighted by Gasteiger charge is -2.29. The first-order valence-corrected chi connectivity index (χ1v) is 5.14. The molecule has 2 fully saturated rings. The van der Waals surface area contributed by atoms with Crippen molar-refractivity contribution in [1.29, 1.82) is 0 Å². The van der Waals surface area contributed by atoms with E-state index in [4.69, 9.17) is 4.74 Å². The minimum absolute atomic E-state index is 0.0317. The Hall–Kier alpha value is -0.610. The highest BCUT2D eigenvalue weighted by molar-refractivity contribution is 5.84. The molecule has 80 valence electrons. The van der Waals surface area contributed by atoms with Crippen LogP contribution in [0.15, 0.2) is 0 Å². The number of amides is 1. The Labute approximate surface area is 83.8 Å². The zero-order valence-electron chi connectivity index (χ0n) is 8.86. The molecule has 0 radical (unpaired) electrons. The van der Waals surface area contributed by atoms with Gasteiger partial charge in [-0.2, -0.15) is 0 Å². The Kier molecular flexibility index (Phi) is 2.08. The quantitative estimate of drug-likeness (QED) is 0.663. The van der Waals surface area contributed by atoms with Crippen LogP contribution < -0.4 is 0 Å². The van der Waals surface area contributed by atoms with Crippen LogP contribution in [-0.4, -0.2) is 40.4 Å². The maximum Gasteiger partial charge on any atom is 0.254 e. The van der Waals surface area contributed by atoms with E-state index in [1.165, 1.54) is 0 Å². The average Bonchev–Trinajstić information content (AvgIpc) is 2.53. The first-order chi connectivity index (χ1) is 6.49. The average molecular weight is 199 g/mol. The molecule has 3 unspecified atom stereocenters. The first-order valence-electron chi connectivity index (χ1n) is 5.14. The van der Waals surface area contributed by atoms with E-state index in [2.05, 4.69) is 0 Å². The summed E-state index contributed by atoms with van der Waals surface area (Å²) in [4.78, 5) is 13.5. The number of carbonyl (C=O) groups excluding carboxylic acids is 1. The van der Waals surface area contributed by atoms with Crippen LogP contribution in [0.4, 0.5) is 0 Å². The molecule has 2 aliphatic heterocycles. The highest BCUT2D eigenvalue weighted by atomic mass is 16.5. The van der Waals surface area contributed by atoms with Gasteiger partial charge in [-0.25, -0.2) is 0 Å². The van der Waals surface area contributed by atoms with E-state index in [9.17, 15) is 9.90 Å². The fourth-order valence-corrected chi connectivity index (χ4v) is 2.61. The molecule has 0 spiro atoms. The lowest BCUT2D eigenvalue weighted by Crippen LogP contribution is -2.45. The van der Waals surface area contributed by atoms with E-state index < -0.39 is 11.8 Å². The number of carbonyl (C=O) groups is 1. The third-order valence-corrected chi connectivity index (χ3v) is 3.38. The van der Waals surface area contributed by atoms with E-state index in [1.807, 2.05) is 20.8 Å². The Morgan fingerprint density at radius 1 is 1.64 bits per heavy atom. The first kappa shape index (κ1) is 9.93. The number of nitrogens with zero attached hydrogens (tertiary/aromatic N) is 1. The molecule has 0 bridgehead atoms. The smallest absolute Gasteiger partial charge is 0.254 e. The van der Waals surface area contributed by atoms with Crippen LogP contribution in [0, 0.1) is 5.92 Å². The van der Waals surface area contributed by atoms with Crippen LogP contribution >= 0.6 is 0 Å². The number of aliphatic hydroxyl groups is 1. The number of fused-ring (bicyclic) bond motifs is 1. The van der Waals surface area contributed by atoms with Crippen molar-refractivity contribution in [2.75, 3.05) is 6.61 Å². The maximum atomic E-state index is 11.8. The molecular weight excluding hydrogens is 182 g/mol. The maximum absolute atomic E-state index is 11.8. The van der Waals surface area contributed by atoms with Crippen molar-refractivity contribution in [1.82, 2.24) is 4.90 Å². The lowest BCUT2D eigenvalue weighted by molar-refractivity contribution is -0.148. The fourth-order valence-electron chi connectivity index (χ4n) is 2.61. The standard InChI is InChI=1S/C10H17NO3/c1-4-6-7-5-14-10(2,3)11(7)9(13)8(6)12/h6-8,12H,4-5H2,1-3H3. The van der Waals surface area contributed by atoms with Crippen molar-refractivity contribution in [3.63, 3.8) is 0 Å². The van der Waals surface area contributed by atoms with Gasteiger partial charge in [0.25, 0.3) is 5.91 Å². The second-order valence-corrected chi connectivity index (χ2v) is 4.55. The minimum atomic E-state index is -0.826. The summed E-state index contributed by atoms with van der Waals surface area (Å²) in [7, 11) is 0. The second-order valence-electron chi connectivity index (χ2n) is 4.55. The Bertz CT molecular complexity index is 264. The van der Waals surface area contributed by atoms with E-state index >= 15 is 0 Å². The molecule has 4 nitrogen and oxygen atoms in total. The second kappa shape index (κ2) is 2.94.